The predicted molar refractivity (Wildman–Crippen MR) is 116 cm³/mol. The van der Waals surface area contributed by atoms with Crippen LogP contribution in [0.2, 0.25) is 0 Å². The molecule has 1 aromatic rings. The number of allylic oxidation sites excluding steroid dienone is 3. The van der Waals surface area contributed by atoms with Gasteiger partial charge in [0, 0.05) is 18.1 Å². The maximum Gasteiger partial charge on any atom is 0.328 e. The molecule has 2 rings (SSSR count). The van der Waals surface area contributed by atoms with Gasteiger partial charge >= 0.3 is 5.97 Å². The Morgan fingerprint density at radius 3 is 2.21 bits per heavy atom. The van der Waals surface area contributed by atoms with Crippen molar-refractivity contribution in [2.75, 3.05) is 13.2 Å². The molecular weight excluding hydrogens is 348 g/mol. The third-order valence-corrected chi connectivity index (χ3v) is 6.14. The van der Waals surface area contributed by atoms with Crippen LogP contribution in [0.3, 0.4) is 0 Å². The quantitative estimate of drug-likeness (QED) is 0.416. The van der Waals surface area contributed by atoms with Crippen molar-refractivity contribution in [3.05, 3.63) is 58.7 Å². The molecule has 0 amide bonds. The van der Waals surface area contributed by atoms with E-state index < -0.39 is 5.97 Å². The second kappa shape index (κ2) is 9.09. The molecular formula is C25H36O3. The van der Waals surface area contributed by atoms with Crippen LogP contribution in [-0.2, 0) is 14.9 Å². The number of hydrogen-bond acceptors (Lipinski definition) is 2. The molecule has 0 heterocycles. The van der Waals surface area contributed by atoms with Crippen LogP contribution in [0.1, 0.15) is 77.0 Å². The van der Waals surface area contributed by atoms with Crippen LogP contribution in [0.5, 0.6) is 0 Å². The molecule has 154 valence electrons. The first-order valence-electron chi connectivity index (χ1n) is 10.4. The summed E-state index contributed by atoms with van der Waals surface area (Å²) in [5, 5.41) is 8.95. The molecule has 3 atom stereocenters. The SMILES string of the molecule is CCOC[C@@H]1[C@@H](C=CC(C)=CC(=O)O)[C@]1(C)c1cc(C(C)C)cc(C(C)C)c1. The lowest BCUT2D eigenvalue weighted by molar-refractivity contribution is -0.131. The van der Waals surface area contributed by atoms with Gasteiger partial charge in [0.25, 0.3) is 0 Å². The zero-order valence-electron chi connectivity index (χ0n) is 18.5. The number of rotatable bonds is 9. The first kappa shape index (κ1) is 22.4. The number of carbonyl (C=O) groups is 1. The van der Waals surface area contributed by atoms with Gasteiger partial charge in [-0.1, -0.05) is 65.0 Å². The van der Waals surface area contributed by atoms with Gasteiger partial charge in [0.1, 0.15) is 0 Å². The van der Waals surface area contributed by atoms with Crippen LogP contribution in [-0.4, -0.2) is 24.3 Å². The summed E-state index contributed by atoms with van der Waals surface area (Å²) in [5.41, 5.74) is 4.92. The molecule has 3 nitrogen and oxygen atoms in total. The van der Waals surface area contributed by atoms with Crippen molar-refractivity contribution in [2.45, 2.75) is 65.7 Å². The summed E-state index contributed by atoms with van der Waals surface area (Å²) in [6.45, 7) is 16.6. The number of hydrogen-bond donors (Lipinski definition) is 1. The van der Waals surface area contributed by atoms with Crippen LogP contribution in [0.15, 0.2) is 42.0 Å². The fourth-order valence-corrected chi connectivity index (χ4v) is 4.05. The molecule has 0 bridgehead atoms. The van der Waals surface area contributed by atoms with E-state index in [4.69, 9.17) is 9.84 Å². The van der Waals surface area contributed by atoms with Crippen LogP contribution >= 0.6 is 0 Å². The third-order valence-electron chi connectivity index (χ3n) is 6.14. The second-order valence-corrected chi connectivity index (χ2v) is 8.86. The Morgan fingerprint density at radius 2 is 1.75 bits per heavy atom. The Bertz CT molecular complexity index is 731. The van der Waals surface area contributed by atoms with Gasteiger partial charge < -0.3 is 9.84 Å². The van der Waals surface area contributed by atoms with Crippen LogP contribution in [0, 0.1) is 11.8 Å². The molecule has 1 aromatic carbocycles. The van der Waals surface area contributed by atoms with Crippen LogP contribution < -0.4 is 0 Å². The highest BCUT2D eigenvalue weighted by Gasteiger charge is 2.60. The summed E-state index contributed by atoms with van der Waals surface area (Å²) < 4.78 is 5.79. The smallest absolute Gasteiger partial charge is 0.328 e. The fraction of sp³-hybridized carbons (Fsp3) is 0.560. The van der Waals surface area contributed by atoms with E-state index in [9.17, 15) is 4.79 Å². The van der Waals surface area contributed by atoms with E-state index in [2.05, 4.69) is 58.9 Å². The number of carboxylic acids is 1. The molecule has 1 aliphatic rings. The first-order valence-corrected chi connectivity index (χ1v) is 10.4. The molecule has 28 heavy (non-hydrogen) atoms. The van der Waals surface area contributed by atoms with Crippen LogP contribution in [0.4, 0.5) is 0 Å². The Kier molecular flexibility index (Phi) is 7.28. The monoisotopic (exact) mass is 384 g/mol. The molecule has 0 aliphatic heterocycles. The summed E-state index contributed by atoms with van der Waals surface area (Å²) >= 11 is 0. The normalized spacial score (nSPS) is 25.1. The van der Waals surface area contributed by atoms with Crippen molar-refractivity contribution >= 4 is 5.97 Å². The van der Waals surface area contributed by atoms with Crippen molar-refractivity contribution in [3.8, 4) is 0 Å². The average molecular weight is 385 g/mol. The molecule has 0 spiro atoms. The summed E-state index contributed by atoms with van der Waals surface area (Å²) in [6.07, 6.45) is 5.37. The molecule has 0 radical (unpaired) electrons. The average Bonchev–Trinajstić information content (AvgIpc) is 3.21. The zero-order chi connectivity index (χ0) is 21.1. The predicted octanol–water partition coefficient (Wildman–Crippen LogP) is 6.06. The van der Waals surface area contributed by atoms with E-state index in [1.54, 1.807) is 0 Å². The van der Waals surface area contributed by atoms with Crippen molar-refractivity contribution in [1.82, 2.24) is 0 Å². The van der Waals surface area contributed by atoms with E-state index in [0.29, 0.717) is 30.3 Å². The topological polar surface area (TPSA) is 46.5 Å². The van der Waals surface area contributed by atoms with E-state index in [0.717, 1.165) is 12.2 Å². The standard InChI is InChI=1S/C25H36O3/c1-8-28-15-23-22(10-9-18(6)11-24(26)27)25(23,7)21-13-19(16(2)3)12-20(14-21)17(4)5/h9-14,16-17,22-23H,8,15H2,1-7H3,(H,26,27)/t22-,23-,25+/m1/s1. The summed E-state index contributed by atoms with van der Waals surface area (Å²) in [7, 11) is 0. The molecule has 3 heteroatoms. The minimum Gasteiger partial charge on any atom is -0.478 e. The minimum absolute atomic E-state index is 0.0176. The third kappa shape index (κ3) is 4.94. The van der Waals surface area contributed by atoms with Crippen molar-refractivity contribution < 1.29 is 14.6 Å². The van der Waals surface area contributed by atoms with Crippen molar-refractivity contribution in [2.24, 2.45) is 11.8 Å². The summed E-state index contributed by atoms with van der Waals surface area (Å²) in [4.78, 5) is 10.9. The molecule has 1 fully saturated rings. The Balaban J connectivity index is 2.41. The number of aliphatic carboxylic acids is 1. The lowest BCUT2D eigenvalue weighted by Crippen LogP contribution is -2.11. The first-order chi connectivity index (χ1) is 13.1. The molecule has 0 saturated heterocycles. The summed E-state index contributed by atoms with van der Waals surface area (Å²) in [5.74, 6) is 0.819. The molecule has 1 saturated carbocycles. The van der Waals surface area contributed by atoms with Gasteiger partial charge in [0.05, 0.1) is 6.61 Å². The molecule has 1 aliphatic carbocycles. The Hall–Kier alpha value is -1.87. The van der Waals surface area contributed by atoms with Crippen LogP contribution in [0.25, 0.3) is 0 Å². The highest BCUT2D eigenvalue weighted by molar-refractivity contribution is 5.81. The van der Waals surface area contributed by atoms with Gasteiger partial charge in [-0.25, -0.2) is 4.79 Å². The largest absolute Gasteiger partial charge is 0.478 e. The van der Waals surface area contributed by atoms with Crippen molar-refractivity contribution in [1.29, 1.82) is 0 Å². The van der Waals surface area contributed by atoms with Gasteiger partial charge in [0.15, 0.2) is 0 Å². The molecule has 0 aromatic heterocycles. The number of benzene rings is 1. The number of carboxylic acid groups (broad SMARTS) is 1. The van der Waals surface area contributed by atoms with Gasteiger partial charge in [-0.2, -0.15) is 0 Å². The lowest BCUT2D eigenvalue weighted by atomic mass is 9.86. The minimum atomic E-state index is -0.905. The Morgan fingerprint density at radius 1 is 1.18 bits per heavy atom. The van der Waals surface area contributed by atoms with Gasteiger partial charge in [-0.3, -0.25) is 0 Å². The second-order valence-electron chi connectivity index (χ2n) is 8.86. The zero-order valence-corrected chi connectivity index (χ0v) is 18.5. The van der Waals surface area contributed by atoms with Gasteiger partial charge in [0.2, 0.25) is 0 Å². The number of ether oxygens (including phenoxy) is 1. The van der Waals surface area contributed by atoms with Gasteiger partial charge in [-0.15, -0.1) is 0 Å². The lowest BCUT2D eigenvalue weighted by Gasteiger charge is -2.19. The highest BCUT2D eigenvalue weighted by Crippen LogP contribution is 2.61. The van der Waals surface area contributed by atoms with E-state index in [-0.39, 0.29) is 5.41 Å². The highest BCUT2D eigenvalue weighted by atomic mass is 16.5. The maximum atomic E-state index is 10.9. The van der Waals surface area contributed by atoms with Gasteiger partial charge in [-0.05, 0) is 59.8 Å². The van der Waals surface area contributed by atoms with E-state index in [1.165, 1.54) is 22.8 Å². The van der Waals surface area contributed by atoms with E-state index in [1.807, 2.05) is 19.9 Å². The Labute approximate surface area is 170 Å². The van der Waals surface area contributed by atoms with E-state index >= 15 is 0 Å². The molecule has 1 N–H and O–H groups in total. The van der Waals surface area contributed by atoms with Crippen molar-refractivity contribution in [3.63, 3.8) is 0 Å². The fourth-order valence-electron chi connectivity index (χ4n) is 4.05. The maximum absolute atomic E-state index is 10.9. The molecule has 0 unspecified atom stereocenters. The summed E-state index contributed by atoms with van der Waals surface area (Å²) in [6, 6.07) is 7.07.